The lowest BCUT2D eigenvalue weighted by Crippen LogP contribution is -2.35. The first-order valence-electron chi connectivity index (χ1n) is 4.53. The van der Waals surface area contributed by atoms with Crippen molar-refractivity contribution < 1.29 is 9.90 Å². The molecular weight excluding hydrogens is 154 g/mol. The van der Waals surface area contributed by atoms with E-state index in [-0.39, 0.29) is 12.5 Å². The third-order valence-electron chi connectivity index (χ3n) is 2.76. The Hall–Kier alpha value is -0.570. The van der Waals surface area contributed by atoms with Gasteiger partial charge in [0.25, 0.3) is 0 Å². The number of carbonyl (C=O) groups is 1. The zero-order valence-electron chi connectivity index (χ0n) is 7.84. The number of hydrogen-bond donors (Lipinski definition) is 1. The fourth-order valence-electron chi connectivity index (χ4n) is 1.93. The van der Waals surface area contributed by atoms with Crippen LogP contribution < -0.4 is 0 Å². The van der Waals surface area contributed by atoms with E-state index in [1.807, 2.05) is 6.92 Å². The summed E-state index contributed by atoms with van der Waals surface area (Å²) < 4.78 is 0. The van der Waals surface area contributed by atoms with Crippen molar-refractivity contribution in [3.8, 4) is 0 Å². The number of rotatable bonds is 3. The van der Waals surface area contributed by atoms with Gasteiger partial charge in [-0.1, -0.05) is 13.3 Å². The number of hydrogen-bond acceptors (Lipinski definition) is 2. The lowest BCUT2D eigenvalue weighted by Gasteiger charge is -2.23. The molecule has 0 radical (unpaired) electrons. The van der Waals surface area contributed by atoms with E-state index in [4.69, 9.17) is 0 Å². The molecule has 1 atom stereocenters. The molecule has 0 aromatic rings. The van der Waals surface area contributed by atoms with Crippen LogP contribution in [0.2, 0.25) is 0 Å². The average Bonchev–Trinajstić information content (AvgIpc) is 2.35. The zero-order chi connectivity index (χ0) is 9.19. The molecule has 1 aliphatic rings. The van der Waals surface area contributed by atoms with Crippen LogP contribution in [0.25, 0.3) is 0 Å². The summed E-state index contributed by atoms with van der Waals surface area (Å²) in [5.41, 5.74) is -0.441. The summed E-state index contributed by atoms with van der Waals surface area (Å²) in [4.78, 5) is 13.3. The number of aliphatic hydroxyl groups excluding tert-OH is 1. The van der Waals surface area contributed by atoms with Crippen molar-refractivity contribution in [1.82, 2.24) is 4.90 Å². The molecule has 1 fully saturated rings. The first kappa shape index (κ1) is 9.52. The molecule has 1 unspecified atom stereocenters. The molecule has 0 aromatic heterocycles. The Morgan fingerprint density at radius 2 is 2.33 bits per heavy atom. The highest BCUT2D eigenvalue weighted by molar-refractivity contribution is 5.84. The number of amides is 1. The van der Waals surface area contributed by atoms with E-state index in [9.17, 15) is 9.90 Å². The van der Waals surface area contributed by atoms with Gasteiger partial charge in [0.1, 0.15) is 0 Å². The zero-order valence-corrected chi connectivity index (χ0v) is 7.84. The highest BCUT2D eigenvalue weighted by Crippen LogP contribution is 2.35. The number of carbonyl (C=O) groups excluding carboxylic acids is 1. The number of likely N-dealkylation sites (tertiary alicyclic amines) is 1. The maximum atomic E-state index is 11.6. The van der Waals surface area contributed by atoms with Crippen molar-refractivity contribution in [2.45, 2.75) is 26.2 Å². The van der Waals surface area contributed by atoms with Crippen molar-refractivity contribution in [2.24, 2.45) is 5.41 Å². The minimum atomic E-state index is -0.441. The van der Waals surface area contributed by atoms with Gasteiger partial charge < -0.3 is 10.0 Å². The van der Waals surface area contributed by atoms with E-state index >= 15 is 0 Å². The summed E-state index contributed by atoms with van der Waals surface area (Å²) in [5, 5.41) is 9.19. The maximum Gasteiger partial charge on any atom is 0.230 e. The van der Waals surface area contributed by atoms with Gasteiger partial charge in [0.15, 0.2) is 0 Å². The van der Waals surface area contributed by atoms with Crippen molar-refractivity contribution in [1.29, 1.82) is 0 Å². The molecule has 1 N–H and O–H groups in total. The molecule has 0 saturated carbocycles. The Bertz CT molecular complexity index is 177. The van der Waals surface area contributed by atoms with E-state index in [2.05, 4.69) is 0 Å². The third kappa shape index (κ3) is 1.33. The fraction of sp³-hybridized carbons (Fsp3) is 0.889. The van der Waals surface area contributed by atoms with Crippen LogP contribution >= 0.6 is 0 Å². The van der Waals surface area contributed by atoms with E-state index < -0.39 is 5.41 Å². The monoisotopic (exact) mass is 171 g/mol. The maximum absolute atomic E-state index is 11.6. The molecule has 1 amide bonds. The van der Waals surface area contributed by atoms with Crippen molar-refractivity contribution in [2.75, 3.05) is 20.2 Å². The SMILES string of the molecule is CCCC1(CO)CCN(C)C1=O. The first-order chi connectivity index (χ1) is 5.66. The molecule has 70 valence electrons. The predicted molar refractivity (Wildman–Crippen MR) is 46.7 cm³/mol. The van der Waals surface area contributed by atoms with Gasteiger partial charge in [-0.3, -0.25) is 4.79 Å². The molecular formula is C9H17NO2. The molecule has 1 rings (SSSR count). The minimum absolute atomic E-state index is 0.00398. The second-order valence-electron chi connectivity index (χ2n) is 3.67. The Labute approximate surface area is 73.4 Å². The molecule has 1 heterocycles. The molecule has 12 heavy (non-hydrogen) atoms. The van der Waals surface area contributed by atoms with E-state index in [1.165, 1.54) is 0 Å². The summed E-state index contributed by atoms with van der Waals surface area (Å²) in [6, 6.07) is 0. The molecule has 1 saturated heterocycles. The van der Waals surface area contributed by atoms with Crippen LogP contribution in [0.15, 0.2) is 0 Å². The Morgan fingerprint density at radius 3 is 2.67 bits per heavy atom. The van der Waals surface area contributed by atoms with Crippen molar-refractivity contribution >= 4 is 5.91 Å². The molecule has 0 aliphatic carbocycles. The molecule has 3 nitrogen and oxygen atoms in total. The summed E-state index contributed by atoms with van der Waals surface area (Å²) in [6.45, 7) is 2.84. The fourth-order valence-corrected chi connectivity index (χ4v) is 1.93. The van der Waals surface area contributed by atoms with Crippen LogP contribution in [0.3, 0.4) is 0 Å². The Morgan fingerprint density at radius 1 is 1.67 bits per heavy atom. The van der Waals surface area contributed by atoms with Crippen LogP contribution in [0.4, 0.5) is 0 Å². The highest BCUT2D eigenvalue weighted by atomic mass is 16.3. The van der Waals surface area contributed by atoms with Gasteiger partial charge >= 0.3 is 0 Å². The number of aliphatic hydroxyl groups is 1. The van der Waals surface area contributed by atoms with Gasteiger partial charge in [-0.05, 0) is 12.8 Å². The van der Waals surface area contributed by atoms with E-state index in [1.54, 1.807) is 11.9 Å². The smallest absolute Gasteiger partial charge is 0.230 e. The topological polar surface area (TPSA) is 40.5 Å². The highest BCUT2D eigenvalue weighted by Gasteiger charge is 2.43. The van der Waals surface area contributed by atoms with Gasteiger partial charge in [-0.25, -0.2) is 0 Å². The summed E-state index contributed by atoms with van der Waals surface area (Å²) in [5.74, 6) is 0.117. The summed E-state index contributed by atoms with van der Waals surface area (Å²) >= 11 is 0. The largest absolute Gasteiger partial charge is 0.395 e. The lowest BCUT2D eigenvalue weighted by atomic mass is 9.83. The summed E-state index contributed by atoms with van der Waals surface area (Å²) in [6.07, 6.45) is 2.58. The van der Waals surface area contributed by atoms with Gasteiger partial charge in [0.2, 0.25) is 5.91 Å². The Kier molecular flexibility index (Phi) is 2.73. The van der Waals surface area contributed by atoms with Crippen LogP contribution in [0, 0.1) is 5.41 Å². The van der Waals surface area contributed by atoms with Crippen molar-refractivity contribution in [3.05, 3.63) is 0 Å². The molecule has 0 spiro atoms. The normalized spacial score (nSPS) is 29.9. The van der Waals surface area contributed by atoms with Crippen LogP contribution in [0.5, 0.6) is 0 Å². The number of nitrogens with zero attached hydrogens (tertiary/aromatic N) is 1. The van der Waals surface area contributed by atoms with Crippen LogP contribution in [0.1, 0.15) is 26.2 Å². The van der Waals surface area contributed by atoms with Crippen molar-refractivity contribution in [3.63, 3.8) is 0 Å². The van der Waals surface area contributed by atoms with Gasteiger partial charge in [0, 0.05) is 13.6 Å². The Balaban J connectivity index is 2.73. The molecule has 0 aromatic carbocycles. The first-order valence-corrected chi connectivity index (χ1v) is 4.53. The standard InChI is InChI=1S/C9H17NO2/c1-3-4-9(7-11)5-6-10(2)8(9)12/h11H,3-7H2,1-2H3. The van der Waals surface area contributed by atoms with E-state index in [0.717, 1.165) is 25.8 Å². The van der Waals surface area contributed by atoms with Gasteiger partial charge in [0.05, 0.1) is 12.0 Å². The predicted octanol–water partition coefficient (Wildman–Crippen LogP) is 0.627. The third-order valence-corrected chi connectivity index (χ3v) is 2.76. The van der Waals surface area contributed by atoms with Gasteiger partial charge in [-0.15, -0.1) is 0 Å². The molecule has 1 aliphatic heterocycles. The quantitative estimate of drug-likeness (QED) is 0.676. The van der Waals surface area contributed by atoms with Crippen LogP contribution in [-0.4, -0.2) is 36.1 Å². The summed E-state index contributed by atoms with van der Waals surface area (Å²) in [7, 11) is 1.80. The molecule has 3 heteroatoms. The average molecular weight is 171 g/mol. The molecule has 0 bridgehead atoms. The van der Waals surface area contributed by atoms with Gasteiger partial charge in [-0.2, -0.15) is 0 Å². The van der Waals surface area contributed by atoms with Crippen LogP contribution in [-0.2, 0) is 4.79 Å². The second-order valence-corrected chi connectivity index (χ2v) is 3.67. The van der Waals surface area contributed by atoms with E-state index in [0.29, 0.717) is 0 Å². The second kappa shape index (κ2) is 3.44. The minimum Gasteiger partial charge on any atom is -0.395 e. The lowest BCUT2D eigenvalue weighted by molar-refractivity contribution is -0.137.